The molecule has 126 valence electrons. The maximum atomic E-state index is 6.09. The second kappa shape index (κ2) is 7.91. The fourth-order valence-electron chi connectivity index (χ4n) is 2.37. The van der Waals surface area contributed by atoms with Gasteiger partial charge in [-0.25, -0.2) is 0 Å². The minimum absolute atomic E-state index is 0.578. The lowest BCUT2D eigenvalue weighted by Crippen LogP contribution is -2.01. The molecule has 0 radical (unpaired) electrons. The summed E-state index contributed by atoms with van der Waals surface area (Å²) in [5, 5.41) is 13.0. The Morgan fingerprint density at radius 1 is 1.17 bits per heavy atom. The Hall–Kier alpha value is -1.01. The Balaban J connectivity index is 1.82. The smallest absolute Gasteiger partial charge is 0.191 e. The number of hydrogen-bond acceptors (Lipinski definition) is 4. The summed E-state index contributed by atoms with van der Waals surface area (Å²) in [6.07, 6.45) is 1.04. The highest BCUT2D eigenvalue weighted by atomic mass is 35.5. The first-order valence-corrected chi connectivity index (χ1v) is 10.3. The minimum Gasteiger partial charge on any atom is -0.302 e. The first kappa shape index (κ1) is 17.8. The number of hydrogen-bond donors (Lipinski definition) is 0. The van der Waals surface area contributed by atoms with Crippen molar-refractivity contribution in [1.29, 1.82) is 0 Å². The number of thiophene rings is 1. The zero-order chi connectivity index (χ0) is 17.1. The number of benzene rings is 1. The number of aromatic nitrogens is 3. The first-order valence-electron chi connectivity index (χ1n) is 7.64. The molecule has 1 aromatic carbocycles. The van der Waals surface area contributed by atoms with Gasteiger partial charge in [-0.05, 0) is 37.1 Å². The van der Waals surface area contributed by atoms with Crippen LogP contribution >= 0.6 is 46.3 Å². The lowest BCUT2D eigenvalue weighted by atomic mass is 10.2. The van der Waals surface area contributed by atoms with E-state index in [9.17, 15) is 0 Å². The third kappa shape index (κ3) is 3.97. The summed E-state index contributed by atoms with van der Waals surface area (Å²) in [5.74, 6) is 1.72. The van der Waals surface area contributed by atoms with Crippen LogP contribution in [-0.2, 0) is 12.3 Å². The van der Waals surface area contributed by atoms with Gasteiger partial charge in [-0.3, -0.25) is 0 Å². The van der Waals surface area contributed by atoms with Crippen molar-refractivity contribution in [3.05, 3.63) is 50.1 Å². The van der Waals surface area contributed by atoms with Crippen molar-refractivity contribution in [3.8, 4) is 11.4 Å². The van der Waals surface area contributed by atoms with Gasteiger partial charge in [0, 0.05) is 28.1 Å². The van der Waals surface area contributed by atoms with Crippen LogP contribution in [0.15, 0.2) is 34.8 Å². The van der Waals surface area contributed by atoms with Crippen molar-refractivity contribution in [2.75, 3.05) is 0 Å². The van der Waals surface area contributed by atoms with Crippen molar-refractivity contribution in [3.63, 3.8) is 0 Å². The molecule has 0 aliphatic heterocycles. The van der Waals surface area contributed by atoms with Crippen LogP contribution in [0.5, 0.6) is 0 Å². The van der Waals surface area contributed by atoms with Crippen molar-refractivity contribution in [2.45, 2.75) is 37.7 Å². The lowest BCUT2D eigenvalue weighted by Gasteiger charge is -2.08. The predicted octanol–water partition coefficient (Wildman–Crippen LogP) is 6.32. The van der Waals surface area contributed by atoms with Gasteiger partial charge in [0.05, 0.1) is 10.0 Å². The standard InChI is InChI=1S/C17H17Cl2N3S2/c1-3-6-22-16(13-7-11(2)23-10-13)20-21-17(22)24-9-12-4-5-14(18)15(19)8-12/h4-5,7-8,10H,3,6,9H2,1-2H3. The minimum atomic E-state index is 0.578. The molecule has 0 spiro atoms. The maximum Gasteiger partial charge on any atom is 0.191 e. The highest BCUT2D eigenvalue weighted by Gasteiger charge is 2.15. The van der Waals surface area contributed by atoms with Crippen LogP contribution in [0.3, 0.4) is 0 Å². The molecule has 0 bridgehead atoms. The van der Waals surface area contributed by atoms with Gasteiger partial charge in [-0.2, -0.15) is 0 Å². The molecule has 3 aromatic rings. The third-order valence-corrected chi connectivity index (χ3v) is 6.14. The predicted molar refractivity (Wildman–Crippen MR) is 104 cm³/mol. The van der Waals surface area contributed by atoms with Crippen molar-refractivity contribution in [1.82, 2.24) is 14.8 Å². The van der Waals surface area contributed by atoms with Gasteiger partial charge in [0.15, 0.2) is 11.0 Å². The SMILES string of the molecule is CCCn1c(SCc2ccc(Cl)c(Cl)c2)nnc1-c1csc(C)c1. The van der Waals surface area contributed by atoms with Crippen molar-refractivity contribution >= 4 is 46.3 Å². The normalized spacial score (nSPS) is 11.2. The van der Waals surface area contributed by atoms with Gasteiger partial charge in [0.2, 0.25) is 0 Å². The van der Waals surface area contributed by atoms with E-state index in [4.69, 9.17) is 23.2 Å². The Morgan fingerprint density at radius 3 is 2.67 bits per heavy atom. The van der Waals surface area contributed by atoms with Crippen molar-refractivity contribution in [2.24, 2.45) is 0 Å². The zero-order valence-electron chi connectivity index (χ0n) is 13.4. The molecule has 7 heteroatoms. The second-order valence-corrected chi connectivity index (χ2v) is 8.31. The molecule has 0 saturated carbocycles. The summed E-state index contributed by atoms with van der Waals surface area (Å²) in [6.45, 7) is 5.17. The van der Waals surface area contributed by atoms with E-state index in [0.29, 0.717) is 10.0 Å². The molecule has 3 rings (SSSR count). The van der Waals surface area contributed by atoms with Crippen LogP contribution in [0.4, 0.5) is 0 Å². The van der Waals surface area contributed by atoms with Gasteiger partial charge < -0.3 is 4.57 Å². The Labute approximate surface area is 160 Å². The van der Waals surface area contributed by atoms with Crippen LogP contribution in [-0.4, -0.2) is 14.8 Å². The monoisotopic (exact) mass is 397 g/mol. The number of halogens is 2. The molecule has 0 unspecified atom stereocenters. The second-order valence-electron chi connectivity index (χ2n) is 5.44. The van der Waals surface area contributed by atoms with E-state index in [0.717, 1.165) is 40.8 Å². The van der Waals surface area contributed by atoms with E-state index < -0.39 is 0 Å². The summed E-state index contributed by atoms with van der Waals surface area (Å²) >= 11 is 15.5. The van der Waals surface area contributed by atoms with E-state index in [1.54, 1.807) is 23.1 Å². The largest absolute Gasteiger partial charge is 0.302 e. The molecule has 0 amide bonds. The quantitative estimate of drug-likeness (QED) is 0.455. The number of aryl methyl sites for hydroxylation is 1. The summed E-state index contributed by atoms with van der Waals surface area (Å²) in [5.41, 5.74) is 2.26. The summed E-state index contributed by atoms with van der Waals surface area (Å²) in [7, 11) is 0. The van der Waals surface area contributed by atoms with Crippen molar-refractivity contribution < 1.29 is 0 Å². The number of rotatable bonds is 6. The van der Waals surface area contributed by atoms with E-state index in [1.165, 1.54) is 4.88 Å². The molecule has 0 fully saturated rings. The van der Waals surface area contributed by atoms with E-state index >= 15 is 0 Å². The fourth-order valence-corrected chi connectivity index (χ4v) is 4.28. The molecule has 0 aliphatic carbocycles. The first-order chi connectivity index (χ1) is 11.6. The van der Waals surface area contributed by atoms with E-state index in [-0.39, 0.29) is 0 Å². The average Bonchev–Trinajstić information content (AvgIpc) is 3.15. The molecule has 24 heavy (non-hydrogen) atoms. The van der Waals surface area contributed by atoms with Crippen LogP contribution in [0, 0.1) is 6.92 Å². The average molecular weight is 398 g/mol. The summed E-state index contributed by atoms with van der Waals surface area (Å²) in [6, 6.07) is 7.88. The number of thioether (sulfide) groups is 1. The molecular weight excluding hydrogens is 381 g/mol. The molecule has 0 aliphatic rings. The van der Waals surface area contributed by atoms with Gasteiger partial charge >= 0.3 is 0 Å². The van der Waals surface area contributed by atoms with Gasteiger partial charge in [0.1, 0.15) is 0 Å². The molecule has 0 atom stereocenters. The van der Waals surface area contributed by atoms with Gasteiger partial charge in [-0.15, -0.1) is 21.5 Å². The molecular formula is C17H17Cl2N3S2. The van der Waals surface area contributed by atoms with Crippen LogP contribution < -0.4 is 0 Å². The molecule has 0 N–H and O–H groups in total. The van der Waals surface area contributed by atoms with Gasteiger partial charge in [0.25, 0.3) is 0 Å². The topological polar surface area (TPSA) is 30.7 Å². The van der Waals surface area contributed by atoms with Crippen LogP contribution in [0.25, 0.3) is 11.4 Å². The Kier molecular flexibility index (Phi) is 5.87. The summed E-state index contributed by atoms with van der Waals surface area (Å²) < 4.78 is 2.20. The van der Waals surface area contributed by atoms with E-state index in [2.05, 4.69) is 40.1 Å². The molecule has 3 nitrogen and oxygen atoms in total. The number of nitrogens with zero attached hydrogens (tertiary/aromatic N) is 3. The third-order valence-electron chi connectivity index (χ3n) is 3.50. The Bertz CT molecular complexity index is 842. The maximum absolute atomic E-state index is 6.09. The summed E-state index contributed by atoms with van der Waals surface area (Å²) in [4.78, 5) is 1.28. The lowest BCUT2D eigenvalue weighted by molar-refractivity contribution is 0.626. The van der Waals surface area contributed by atoms with Gasteiger partial charge in [-0.1, -0.05) is 48.0 Å². The van der Waals surface area contributed by atoms with E-state index in [1.807, 2.05) is 18.2 Å². The Morgan fingerprint density at radius 2 is 2.00 bits per heavy atom. The highest BCUT2D eigenvalue weighted by molar-refractivity contribution is 7.98. The molecule has 2 heterocycles. The fraction of sp³-hybridized carbons (Fsp3) is 0.294. The van der Waals surface area contributed by atoms with Crippen LogP contribution in [0.1, 0.15) is 23.8 Å². The zero-order valence-corrected chi connectivity index (χ0v) is 16.6. The highest BCUT2D eigenvalue weighted by Crippen LogP contribution is 2.30. The molecule has 2 aromatic heterocycles. The van der Waals surface area contributed by atoms with Crippen LogP contribution in [0.2, 0.25) is 10.0 Å². The molecule has 0 saturated heterocycles.